The standard InChI is InChI=1S/C18H18N2OS2/c1-4-22-14-7-5-6-13(10-14)17(21)20-18-19-16-12(3)8-11(2)9-15(16)23-18/h5-10H,4H2,1-3H3,(H,19,20,21). The Morgan fingerprint density at radius 1 is 1.26 bits per heavy atom. The zero-order valence-electron chi connectivity index (χ0n) is 13.3. The van der Waals surface area contributed by atoms with Crippen molar-refractivity contribution >= 4 is 44.4 Å². The number of fused-ring (bicyclic) bond motifs is 1. The topological polar surface area (TPSA) is 42.0 Å². The molecule has 5 heteroatoms. The Morgan fingerprint density at radius 3 is 2.87 bits per heavy atom. The van der Waals surface area contributed by atoms with Crippen LogP contribution in [-0.2, 0) is 0 Å². The molecule has 3 nitrogen and oxygen atoms in total. The number of benzene rings is 2. The molecule has 118 valence electrons. The van der Waals surface area contributed by atoms with E-state index < -0.39 is 0 Å². The molecule has 0 fully saturated rings. The first-order chi connectivity index (χ1) is 11.1. The van der Waals surface area contributed by atoms with E-state index in [-0.39, 0.29) is 5.91 Å². The molecule has 1 heterocycles. The predicted octanol–water partition coefficient (Wildman–Crippen LogP) is 5.28. The number of nitrogens with one attached hydrogen (secondary N) is 1. The second-order valence-electron chi connectivity index (χ2n) is 5.36. The van der Waals surface area contributed by atoms with Gasteiger partial charge < -0.3 is 0 Å². The zero-order valence-corrected chi connectivity index (χ0v) is 15.0. The number of anilines is 1. The second kappa shape index (κ2) is 6.72. The summed E-state index contributed by atoms with van der Waals surface area (Å²) >= 11 is 3.24. The number of carbonyl (C=O) groups is 1. The van der Waals surface area contributed by atoms with E-state index in [2.05, 4.69) is 36.3 Å². The van der Waals surface area contributed by atoms with Crippen molar-refractivity contribution in [2.24, 2.45) is 0 Å². The summed E-state index contributed by atoms with van der Waals surface area (Å²) in [6, 6.07) is 11.9. The van der Waals surface area contributed by atoms with Crippen LogP contribution in [0.5, 0.6) is 0 Å². The average molecular weight is 342 g/mol. The Bertz CT molecular complexity index is 871. The van der Waals surface area contributed by atoms with Gasteiger partial charge in [-0.3, -0.25) is 10.1 Å². The highest BCUT2D eigenvalue weighted by Gasteiger charge is 2.12. The minimum atomic E-state index is -0.114. The van der Waals surface area contributed by atoms with Gasteiger partial charge in [0.1, 0.15) is 0 Å². The van der Waals surface area contributed by atoms with E-state index in [1.54, 1.807) is 11.8 Å². The number of hydrogen-bond acceptors (Lipinski definition) is 4. The van der Waals surface area contributed by atoms with Crippen LogP contribution in [-0.4, -0.2) is 16.6 Å². The highest BCUT2D eigenvalue weighted by molar-refractivity contribution is 7.99. The van der Waals surface area contributed by atoms with E-state index >= 15 is 0 Å². The van der Waals surface area contributed by atoms with Gasteiger partial charge in [-0.25, -0.2) is 4.98 Å². The average Bonchev–Trinajstić information content (AvgIpc) is 2.90. The lowest BCUT2D eigenvalue weighted by Gasteiger charge is -2.04. The molecule has 0 aliphatic carbocycles. The molecule has 1 aromatic heterocycles. The van der Waals surface area contributed by atoms with Crippen LogP contribution in [0.15, 0.2) is 41.3 Å². The van der Waals surface area contributed by atoms with Gasteiger partial charge in [-0.05, 0) is 55.0 Å². The van der Waals surface area contributed by atoms with Gasteiger partial charge in [-0.1, -0.05) is 30.4 Å². The first kappa shape index (κ1) is 16.0. The first-order valence-corrected chi connectivity index (χ1v) is 9.29. The lowest BCUT2D eigenvalue weighted by Crippen LogP contribution is -2.11. The van der Waals surface area contributed by atoms with Gasteiger partial charge in [0.25, 0.3) is 5.91 Å². The Kier molecular flexibility index (Phi) is 4.68. The van der Waals surface area contributed by atoms with E-state index in [9.17, 15) is 4.79 Å². The smallest absolute Gasteiger partial charge is 0.257 e. The minimum absolute atomic E-state index is 0.114. The molecule has 0 atom stereocenters. The summed E-state index contributed by atoms with van der Waals surface area (Å²) in [6.07, 6.45) is 0. The molecule has 23 heavy (non-hydrogen) atoms. The number of nitrogens with zero attached hydrogens (tertiary/aromatic N) is 1. The van der Waals surface area contributed by atoms with Crippen LogP contribution in [0, 0.1) is 13.8 Å². The van der Waals surface area contributed by atoms with Crippen molar-refractivity contribution in [3.8, 4) is 0 Å². The summed E-state index contributed by atoms with van der Waals surface area (Å²) < 4.78 is 1.10. The van der Waals surface area contributed by atoms with Crippen LogP contribution in [0.2, 0.25) is 0 Å². The molecular formula is C18H18N2OS2. The number of aryl methyl sites for hydroxylation is 2. The molecule has 1 amide bonds. The molecule has 0 saturated carbocycles. The Labute approximate surface area is 144 Å². The number of thioether (sulfide) groups is 1. The summed E-state index contributed by atoms with van der Waals surface area (Å²) in [6.45, 7) is 6.22. The van der Waals surface area contributed by atoms with Crippen LogP contribution in [0.3, 0.4) is 0 Å². The molecule has 3 aromatic rings. The fourth-order valence-electron chi connectivity index (χ4n) is 2.49. The third-order valence-corrected chi connectivity index (χ3v) is 5.25. The molecule has 0 radical (unpaired) electrons. The lowest BCUT2D eigenvalue weighted by atomic mass is 10.1. The number of hydrogen-bond donors (Lipinski definition) is 1. The quantitative estimate of drug-likeness (QED) is 0.656. The third kappa shape index (κ3) is 3.57. The first-order valence-electron chi connectivity index (χ1n) is 7.49. The molecule has 1 N–H and O–H groups in total. The molecule has 2 aromatic carbocycles. The normalized spacial score (nSPS) is 10.9. The second-order valence-corrected chi connectivity index (χ2v) is 7.73. The highest BCUT2D eigenvalue weighted by Crippen LogP contribution is 2.29. The maximum Gasteiger partial charge on any atom is 0.257 e. The van der Waals surface area contributed by atoms with Gasteiger partial charge in [-0.15, -0.1) is 11.8 Å². The fourth-order valence-corrected chi connectivity index (χ4v) is 4.24. The van der Waals surface area contributed by atoms with E-state index in [0.717, 1.165) is 26.4 Å². The monoisotopic (exact) mass is 342 g/mol. The minimum Gasteiger partial charge on any atom is -0.298 e. The van der Waals surface area contributed by atoms with E-state index in [1.165, 1.54) is 16.9 Å². The number of thiazole rings is 1. The summed E-state index contributed by atoms with van der Waals surface area (Å²) in [4.78, 5) is 18.1. The molecule has 3 rings (SSSR count). The molecular weight excluding hydrogens is 324 g/mol. The van der Waals surface area contributed by atoms with Gasteiger partial charge >= 0.3 is 0 Å². The van der Waals surface area contributed by atoms with Crippen LogP contribution in [0.4, 0.5) is 5.13 Å². The van der Waals surface area contributed by atoms with Gasteiger partial charge in [-0.2, -0.15) is 0 Å². The summed E-state index contributed by atoms with van der Waals surface area (Å²) in [5, 5.41) is 3.57. The Morgan fingerprint density at radius 2 is 2.09 bits per heavy atom. The molecule has 0 bridgehead atoms. The van der Waals surface area contributed by atoms with Crippen molar-refractivity contribution in [3.05, 3.63) is 53.1 Å². The van der Waals surface area contributed by atoms with Gasteiger partial charge in [0.2, 0.25) is 0 Å². The Balaban J connectivity index is 1.85. The van der Waals surface area contributed by atoms with Crippen molar-refractivity contribution in [1.82, 2.24) is 4.98 Å². The molecule has 0 saturated heterocycles. The van der Waals surface area contributed by atoms with Gasteiger partial charge in [0, 0.05) is 10.5 Å². The number of aromatic nitrogens is 1. The fraction of sp³-hybridized carbons (Fsp3) is 0.222. The number of rotatable bonds is 4. The van der Waals surface area contributed by atoms with E-state index in [1.807, 2.05) is 31.2 Å². The number of amides is 1. The van der Waals surface area contributed by atoms with Crippen molar-refractivity contribution in [1.29, 1.82) is 0 Å². The molecule has 0 aliphatic rings. The third-order valence-electron chi connectivity index (χ3n) is 3.46. The van der Waals surface area contributed by atoms with Crippen LogP contribution in [0.1, 0.15) is 28.4 Å². The van der Waals surface area contributed by atoms with Crippen LogP contribution in [0.25, 0.3) is 10.2 Å². The van der Waals surface area contributed by atoms with Crippen molar-refractivity contribution in [2.75, 3.05) is 11.1 Å². The van der Waals surface area contributed by atoms with Gasteiger partial charge in [0.05, 0.1) is 10.2 Å². The summed E-state index contributed by atoms with van der Waals surface area (Å²) in [5.41, 5.74) is 3.97. The maximum absolute atomic E-state index is 12.4. The van der Waals surface area contributed by atoms with Gasteiger partial charge in [0.15, 0.2) is 5.13 Å². The molecule has 0 spiro atoms. The largest absolute Gasteiger partial charge is 0.298 e. The molecule has 0 aliphatic heterocycles. The van der Waals surface area contributed by atoms with Crippen molar-refractivity contribution < 1.29 is 4.79 Å². The van der Waals surface area contributed by atoms with E-state index in [0.29, 0.717) is 10.7 Å². The molecule has 0 unspecified atom stereocenters. The highest BCUT2D eigenvalue weighted by atomic mass is 32.2. The zero-order chi connectivity index (χ0) is 16.4. The van der Waals surface area contributed by atoms with E-state index in [4.69, 9.17) is 0 Å². The predicted molar refractivity (Wildman–Crippen MR) is 99.9 cm³/mol. The summed E-state index contributed by atoms with van der Waals surface area (Å²) in [7, 11) is 0. The SMILES string of the molecule is CCSc1cccc(C(=O)Nc2nc3c(C)cc(C)cc3s2)c1. The number of carbonyl (C=O) groups excluding carboxylic acids is 1. The lowest BCUT2D eigenvalue weighted by molar-refractivity contribution is 0.102. The summed E-state index contributed by atoms with van der Waals surface area (Å²) in [5.74, 6) is 0.874. The van der Waals surface area contributed by atoms with Crippen LogP contribution >= 0.6 is 23.1 Å². The van der Waals surface area contributed by atoms with Crippen molar-refractivity contribution in [2.45, 2.75) is 25.7 Å². The Hall–Kier alpha value is -1.85. The maximum atomic E-state index is 12.4. The van der Waals surface area contributed by atoms with Crippen LogP contribution < -0.4 is 5.32 Å². The van der Waals surface area contributed by atoms with Crippen molar-refractivity contribution in [3.63, 3.8) is 0 Å².